The van der Waals surface area contributed by atoms with Gasteiger partial charge in [-0.05, 0) is 25.1 Å². The number of rotatable bonds is 3. The number of carbonyl (C=O) groups is 2. The largest absolute Gasteiger partial charge is 0.332 e. The SMILES string of the molecule is CC(=O)NNC(=O)c1ccc2c(c1)N(S(=O)(=O)c1cnc(C)[nH]1)CCS2. The number of aryl methyl sites for hydroxylation is 1. The molecule has 0 aliphatic carbocycles. The van der Waals surface area contributed by atoms with Gasteiger partial charge in [0.25, 0.3) is 15.9 Å². The third-order valence-electron chi connectivity index (χ3n) is 3.64. The summed E-state index contributed by atoms with van der Waals surface area (Å²) in [6.07, 6.45) is 1.28. The Morgan fingerprint density at radius 3 is 2.73 bits per heavy atom. The Kier molecular flexibility index (Phi) is 4.92. The normalized spacial score (nSPS) is 13.8. The number of anilines is 1. The standard InChI is InChI=1S/C15H17N5O4S2/c1-9-16-8-14(17-9)26(23,24)20-5-6-25-13-4-3-11(7-12(13)20)15(22)19-18-10(2)21/h3-4,7-8H,5-6H2,1-2H3,(H,16,17)(H,18,21)(H,19,22). The summed E-state index contributed by atoms with van der Waals surface area (Å²) in [5.41, 5.74) is 5.13. The average Bonchev–Trinajstić information content (AvgIpc) is 3.05. The van der Waals surface area contributed by atoms with E-state index in [2.05, 4.69) is 20.8 Å². The Morgan fingerprint density at radius 2 is 2.08 bits per heavy atom. The van der Waals surface area contributed by atoms with E-state index in [1.54, 1.807) is 19.1 Å². The molecule has 3 rings (SSSR count). The van der Waals surface area contributed by atoms with Crippen LogP contribution in [0.5, 0.6) is 0 Å². The number of thioether (sulfide) groups is 1. The molecule has 9 nitrogen and oxygen atoms in total. The molecule has 2 aromatic rings. The Bertz CT molecular complexity index is 970. The minimum atomic E-state index is -3.82. The van der Waals surface area contributed by atoms with Crippen LogP contribution >= 0.6 is 11.8 Å². The zero-order valence-corrected chi connectivity index (χ0v) is 15.7. The molecule has 0 saturated carbocycles. The number of hydrogen-bond donors (Lipinski definition) is 3. The van der Waals surface area contributed by atoms with Crippen LogP contribution in [0.4, 0.5) is 5.69 Å². The number of fused-ring (bicyclic) bond motifs is 1. The van der Waals surface area contributed by atoms with Crippen molar-refractivity contribution >= 4 is 39.3 Å². The van der Waals surface area contributed by atoms with Gasteiger partial charge in [0.2, 0.25) is 5.91 Å². The predicted octanol–water partition coefficient (Wildman–Crippen LogP) is 0.800. The molecule has 0 radical (unpaired) electrons. The van der Waals surface area contributed by atoms with E-state index in [0.29, 0.717) is 17.3 Å². The molecule has 1 aliphatic rings. The van der Waals surface area contributed by atoms with E-state index in [1.165, 1.54) is 35.3 Å². The maximum Gasteiger partial charge on any atom is 0.281 e. The number of sulfonamides is 1. The fraction of sp³-hybridized carbons (Fsp3) is 0.267. The van der Waals surface area contributed by atoms with Crippen LogP contribution in [-0.2, 0) is 14.8 Å². The van der Waals surface area contributed by atoms with Crippen LogP contribution in [-0.4, -0.2) is 42.5 Å². The summed E-state index contributed by atoms with van der Waals surface area (Å²) in [7, 11) is -3.82. The van der Waals surface area contributed by atoms with Crippen molar-refractivity contribution in [3.05, 3.63) is 35.8 Å². The first kappa shape index (κ1) is 18.3. The number of aromatic nitrogens is 2. The van der Waals surface area contributed by atoms with Gasteiger partial charge < -0.3 is 4.98 Å². The van der Waals surface area contributed by atoms with E-state index in [-0.39, 0.29) is 17.1 Å². The first-order valence-corrected chi connectivity index (χ1v) is 10.1. The summed E-state index contributed by atoms with van der Waals surface area (Å²) in [6.45, 7) is 3.21. The summed E-state index contributed by atoms with van der Waals surface area (Å²) in [5.74, 6) is 0.147. The number of benzene rings is 1. The molecule has 0 atom stereocenters. The number of nitrogens with one attached hydrogen (secondary N) is 3. The highest BCUT2D eigenvalue weighted by Gasteiger charge is 2.31. The van der Waals surface area contributed by atoms with Crippen LogP contribution < -0.4 is 15.2 Å². The van der Waals surface area contributed by atoms with Gasteiger partial charge in [0.15, 0.2) is 5.03 Å². The van der Waals surface area contributed by atoms with Crippen molar-refractivity contribution in [2.75, 3.05) is 16.6 Å². The molecule has 0 saturated heterocycles. The highest BCUT2D eigenvalue weighted by atomic mass is 32.2. The molecule has 26 heavy (non-hydrogen) atoms. The molecule has 2 amide bonds. The van der Waals surface area contributed by atoms with Gasteiger partial charge in [-0.3, -0.25) is 24.7 Å². The van der Waals surface area contributed by atoms with Crippen LogP contribution in [0.25, 0.3) is 0 Å². The second kappa shape index (κ2) is 7.00. The van der Waals surface area contributed by atoms with Crippen molar-refractivity contribution in [2.45, 2.75) is 23.8 Å². The van der Waals surface area contributed by atoms with Crippen molar-refractivity contribution in [1.29, 1.82) is 0 Å². The smallest absolute Gasteiger partial charge is 0.281 e. The number of carbonyl (C=O) groups excluding carboxylic acids is 2. The van der Waals surface area contributed by atoms with Gasteiger partial charge in [-0.15, -0.1) is 11.8 Å². The van der Waals surface area contributed by atoms with E-state index in [0.717, 1.165) is 4.90 Å². The molecule has 138 valence electrons. The lowest BCUT2D eigenvalue weighted by molar-refractivity contribution is -0.119. The number of H-pyrrole nitrogens is 1. The summed E-state index contributed by atoms with van der Waals surface area (Å²) in [5, 5.41) is 0.000880. The zero-order valence-electron chi connectivity index (χ0n) is 14.1. The molecule has 0 bridgehead atoms. The molecule has 0 fully saturated rings. The molecule has 0 spiro atoms. The minimum Gasteiger partial charge on any atom is -0.332 e. The van der Waals surface area contributed by atoms with E-state index in [9.17, 15) is 18.0 Å². The molecule has 1 aliphatic heterocycles. The van der Waals surface area contributed by atoms with Crippen molar-refractivity contribution in [3.63, 3.8) is 0 Å². The van der Waals surface area contributed by atoms with E-state index in [4.69, 9.17) is 0 Å². The van der Waals surface area contributed by atoms with Crippen LogP contribution in [0.2, 0.25) is 0 Å². The summed E-state index contributed by atoms with van der Waals surface area (Å²) in [6, 6.07) is 4.78. The van der Waals surface area contributed by atoms with Gasteiger partial charge in [0.1, 0.15) is 5.82 Å². The second-order valence-corrected chi connectivity index (χ2v) is 8.54. The Labute approximate surface area is 154 Å². The van der Waals surface area contributed by atoms with Gasteiger partial charge in [-0.1, -0.05) is 0 Å². The Balaban J connectivity index is 1.97. The lowest BCUT2D eigenvalue weighted by atomic mass is 10.2. The summed E-state index contributed by atoms with van der Waals surface area (Å²) in [4.78, 5) is 30.5. The zero-order chi connectivity index (χ0) is 18.9. The molecular weight excluding hydrogens is 378 g/mol. The third kappa shape index (κ3) is 3.53. The van der Waals surface area contributed by atoms with E-state index < -0.39 is 21.8 Å². The van der Waals surface area contributed by atoms with E-state index >= 15 is 0 Å². The topological polar surface area (TPSA) is 124 Å². The van der Waals surface area contributed by atoms with Crippen LogP contribution in [0.3, 0.4) is 0 Å². The number of hydrogen-bond acceptors (Lipinski definition) is 6. The fourth-order valence-corrected chi connectivity index (χ4v) is 5.04. The van der Waals surface area contributed by atoms with Crippen molar-refractivity contribution < 1.29 is 18.0 Å². The van der Waals surface area contributed by atoms with Crippen LogP contribution in [0.15, 0.2) is 34.3 Å². The highest BCUT2D eigenvalue weighted by molar-refractivity contribution is 8.00. The van der Waals surface area contributed by atoms with E-state index in [1.807, 2.05) is 0 Å². The van der Waals surface area contributed by atoms with Crippen molar-refractivity contribution in [2.24, 2.45) is 0 Å². The number of imidazole rings is 1. The molecule has 1 aromatic carbocycles. The van der Waals surface area contributed by atoms with Crippen molar-refractivity contribution in [1.82, 2.24) is 20.8 Å². The number of amides is 2. The quantitative estimate of drug-likeness (QED) is 0.661. The summed E-state index contributed by atoms with van der Waals surface area (Å²) >= 11 is 1.51. The van der Waals surface area contributed by atoms with Crippen molar-refractivity contribution in [3.8, 4) is 0 Å². The first-order chi connectivity index (χ1) is 12.3. The highest BCUT2D eigenvalue weighted by Crippen LogP contribution is 2.38. The van der Waals surface area contributed by atoms with Gasteiger partial charge >= 0.3 is 0 Å². The number of nitrogens with zero attached hydrogens (tertiary/aromatic N) is 2. The first-order valence-electron chi connectivity index (χ1n) is 7.67. The fourth-order valence-electron chi connectivity index (χ4n) is 2.45. The predicted molar refractivity (Wildman–Crippen MR) is 96.3 cm³/mol. The number of hydrazine groups is 1. The lowest BCUT2D eigenvalue weighted by Gasteiger charge is -2.29. The van der Waals surface area contributed by atoms with Gasteiger partial charge in [0.05, 0.1) is 11.9 Å². The Hall–Kier alpha value is -2.53. The lowest BCUT2D eigenvalue weighted by Crippen LogP contribution is -2.40. The average molecular weight is 395 g/mol. The maximum absolute atomic E-state index is 12.9. The molecule has 2 heterocycles. The van der Waals surface area contributed by atoms with Gasteiger partial charge in [-0.2, -0.15) is 8.42 Å². The molecule has 0 unspecified atom stereocenters. The summed E-state index contributed by atoms with van der Waals surface area (Å²) < 4.78 is 27.2. The van der Waals surface area contributed by atoms with Gasteiger partial charge in [0, 0.05) is 29.7 Å². The van der Waals surface area contributed by atoms with Crippen LogP contribution in [0.1, 0.15) is 23.1 Å². The second-order valence-electron chi connectivity index (χ2n) is 5.58. The maximum atomic E-state index is 12.9. The Morgan fingerprint density at radius 1 is 1.31 bits per heavy atom. The third-order valence-corrected chi connectivity index (χ3v) is 6.41. The molecule has 3 N–H and O–H groups in total. The van der Waals surface area contributed by atoms with Crippen LogP contribution in [0, 0.1) is 6.92 Å². The minimum absolute atomic E-state index is 0.000880. The monoisotopic (exact) mass is 395 g/mol. The molecular formula is C15H17N5O4S2. The molecule has 11 heteroatoms. The van der Waals surface area contributed by atoms with Gasteiger partial charge in [-0.25, -0.2) is 4.98 Å². The number of aromatic amines is 1. The molecule has 1 aromatic heterocycles.